The lowest BCUT2D eigenvalue weighted by Gasteiger charge is -2.42. The Morgan fingerprint density at radius 2 is 1.87 bits per heavy atom. The number of ether oxygens (including phenoxy) is 2. The largest absolute Gasteiger partial charge is 0.378 e. The maximum Gasteiger partial charge on any atom is 0.246 e. The van der Waals surface area contributed by atoms with Gasteiger partial charge in [-0.25, -0.2) is 13.5 Å². The first-order valence-electron chi connectivity index (χ1n) is 10.2. The van der Waals surface area contributed by atoms with Crippen LogP contribution in [0, 0.1) is 18.6 Å². The molecule has 0 bridgehead atoms. The predicted octanol–water partition coefficient (Wildman–Crippen LogP) is 3.37. The summed E-state index contributed by atoms with van der Waals surface area (Å²) in [5.74, 6) is -1.00. The molecule has 9 heteroatoms. The second kappa shape index (κ2) is 8.33. The van der Waals surface area contributed by atoms with Gasteiger partial charge in [0.1, 0.15) is 18.0 Å². The molecule has 2 aliphatic rings. The van der Waals surface area contributed by atoms with Gasteiger partial charge in [0.25, 0.3) is 0 Å². The zero-order valence-corrected chi connectivity index (χ0v) is 17.1. The van der Waals surface area contributed by atoms with Crippen molar-refractivity contribution in [2.75, 3.05) is 38.2 Å². The van der Waals surface area contributed by atoms with E-state index in [-0.39, 0.29) is 11.8 Å². The predicted molar refractivity (Wildman–Crippen MR) is 111 cm³/mol. The first-order chi connectivity index (χ1) is 15.0. The molecule has 0 saturated carbocycles. The Kier molecular flexibility index (Phi) is 5.39. The van der Waals surface area contributed by atoms with Crippen LogP contribution in [-0.2, 0) is 9.47 Å². The average molecular weight is 427 g/mol. The number of benzene rings is 2. The highest BCUT2D eigenvalue weighted by atomic mass is 19.1. The zero-order chi connectivity index (χ0) is 21.4. The Labute approximate surface area is 178 Å². The highest BCUT2D eigenvalue weighted by Gasteiger charge is 2.31. The fourth-order valence-corrected chi connectivity index (χ4v) is 3.95. The van der Waals surface area contributed by atoms with Gasteiger partial charge >= 0.3 is 0 Å². The Bertz CT molecular complexity index is 1070. The van der Waals surface area contributed by atoms with Gasteiger partial charge in [0.05, 0.1) is 37.7 Å². The number of aromatic nitrogens is 3. The minimum atomic E-state index is -0.668. The quantitative estimate of drug-likeness (QED) is 0.674. The van der Waals surface area contributed by atoms with Gasteiger partial charge in [-0.2, -0.15) is 4.98 Å². The van der Waals surface area contributed by atoms with Crippen molar-refractivity contribution >= 4 is 11.6 Å². The molecular formula is C22H23F2N5O2. The van der Waals surface area contributed by atoms with E-state index in [1.165, 1.54) is 23.1 Å². The van der Waals surface area contributed by atoms with E-state index in [0.29, 0.717) is 18.6 Å². The molecule has 1 N–H and O–H groups in total. The molecule has 1 aromatic heterocycles. The van der Waals surface area contributed by atoms with Crippen LogP contribution in [0.3, 0.4) is 0 Å². The summed E-state index contributed by atoms with van der Waals surface area (Å²) >= 11 is 0. The molecule has 2 fully saturated rings. The van der Waals surface area contributed by atoms with Crippen molar-refractivity contribution in [1.29, 1.82) is 0 Å². The second-order valence-corrected chi connectivity index (χ2v) is 7.94. The van der Waals surface area contributed by atoms with Crippen LogP contribution >= 0.6 is 0 Å². The van der Waals surface area contributed by atoms with E-state index in [2.05, 4.69) is 26.4 Å². The lowest BCUT2D eigenvalue weighted by Crippen LogP contribution is -2.53. The molecule has 31 heavy (non-hydrogen) atoms. The van der Waals surface area contributed by atoms with Crippen LogP contribution in [0.1, 0.15) is 17.2 Å². The molecule has 2 aromatic carbocycles. The summed E-state index contributed by atoms with van der Waals surface area (Å²) in [4.78, 5) is 6.64. The van der Waals surface area contributed by atoms with Crippen LogP contribution in [0.2, 0.25) is 0 Å². The van der Waals surface area contributed by atoms with E-state index in [1.807, 2.05) is 19.1 Å². The number of rotatable bonds is 5. The molecule has 2 aliphatic heterocycles. The molecule has 0 aliphatic carbocycles. The zero-order valence-electron chi connectivity index (χ0n) is 17.1. The summed E-state index contributed by atoms with van der Waals surface area (Å²) in [6.45, 7) is 6.04. The topological polar surface area (TPSA) is 64.4 Å². The van der Waals surface area contributed by atoms with Crippen LogP contribution in [0.25, 0.3) is 5.69 Å². The van der Waals surface area contributed by atoms with Crippen LogP contribution < -0.4 is 5.32 Å². The third-order valence-electron chi connectivity index (χ3n) is 5.57. The number of aryl methyl sites for hydroxylation is 1. The number of halogens is 2. The molecule has 0 spiro atoms. The van der Waals surface area contributed by atoms with Crippen molar-refractivity contribution in [2.24, 2.45) is 0 Å². The van der Waals surface area contributed by atoms with Crippen LogP contribution in [-0.4, -0.2) is 58.6 Å². The molecule has 0 amide bonds. The lowest BCUT2D eigenvalue weighted by atomic mass is 10.0. The van der Waals surface area contributed by atoms with Crippen molar-refractivity contribution in [2.45, 2.75) is 19.1 Å². The number of anilines is 2. The lowest BCUT2D eigenvalue weighted by molar-refractivity contribution is -0.115. The third kappa shape index (κ3) is 4.43. The molecule has 2 saturated heterocycles. The number of hydrogen-bond acceptors (Lipinski definition) is 6. The van der Waals surface area contributed by atoms with Gasteiger partial charge in [-0.3, -0.25) is 4.90 Å². The smallest absolute Gasteiger partial charge is 0.246 e. The Hall–Kier alpha value is -2.88. The highest BCUT2D eigenvalue weighted by molar-refractivity contribution is 5.56. The van der Waals surface area contributed by atoms with Gasteiger partial charge in [0.2, 0.25) is 5.95 Å². The number of nitrogens with one attached hydrogen (secondary N) is 1. The van der Waals surface area contributed by atoms with Crippen molar-refractivity contribution < 1.29 is 18.3 Å². The summed E-state index contributed by atoms with van der Waals surface area (Å²) < 4.78 is 39.7. The van der Waals surface area contributed by atoms with Gasteiger partial charge in [0.15, 0.2) is 0 Å². The maximum atomic E-state index is 13.5. The Morgan fingerprint density at radius 1 is 1.06 bits per heavy atom. The van der Waals surface area contributed by atoms with Crippen LogP contribution in [0.4, 0.5) is 20.4 Å². The molecular weight excluding hydrogens is 404 g/mol. The van der Waals surface area contributed by atoms with Gasteiger partial charge in [-0.15, -0.1) is 5.10 Å². The van der Waals surface area contributed by atoms with Gasteiger partial charge < -0.3 is 14.8 Å². The van der Waals surface area contributed by atoms with Crippen LogP contribution in [0.5, 0.6) is 0 Å². The van der Waals surface area contributed by atoms with Gasteiger partial charge in [0, 0.05) is 24.8 Å². The Morgan fingerprint density at radius 3 is 2.61 bits per heavy atom. The number of nitrogens with zero attached hydrogens (tertiary/aromatic N) is 4. The van der Waals surface area contributed by atoms with Crippen molar-refractivity contribution in [1.82, 2.24) is 19.7 Å². The van der Waals surface area contributed by atoms with Crippen molar-refractivity contribution in [3.63, 3.8) is 0 Å². The third-order valence-corrected chi connectivity index (χ3v) is 5.57. The molecule has 3 heterocycles. The van der Waals surface area contributed by atoms with Gasteiger partial charge in [-0.05, 0) is 42.3 Å². The van der Waals surface area contributed by atoms with Gasteiger partial charge in [-0.1, -0.05) is 6.07 Å². The number of hydrogen-bond donors (Lipinski definition) is 1. The van der Waals surface area contributed by atoms with Crippen molar-refractivity contribution in [3.8, 4) is 5.69 Å². The molecule has 1 atom stereocenters. The Balaban J connectivity index is 1.33. The monoisotopic (exact) mass is 427 g/mol. The normalized spacial score (nSPS) is 19.9. The first-order valence-corrected chi connectivity index (χ1v) is 10.2. The maximum absolute atomic E-state index is 13.5. The van der Waals surface area contributed by atoms with Crippen molar-refractivity contribution in [3.05, 3.63) is 65.5 Å². The summed E-state index contributed by atoms with van der Waals surface area (Å²) in [5, 5.41) is 7.47. The molecule has 162 valence electrons. The standard InChI is InChI=1S/C22H23F2N5O2/c1-14-4-15(21-10-28(2-3-31-21)20-11-30-12-20)6-18(5-14)26-22-25-13-29(27-22)19-8-16(23)7-17(24)9-19/h4-9,13,20-21H,2-3,10-12H2,1H3,(H,26,27)/t21-/m0/s1. The number of morpholine rings is 1. The molecule has 5 rings (SSSR count). The molecule has 0 unspecified atom stereocenters. The first kappa shape index (κ1) is 20.0. The van der Waals surface area contributed by atoms with Crippen LogP contribution in [0.15, 0.2) is 42.7 Å². The highest BCUT2D eigenvalue weighted by Crippen LogP contribution is 2.29. The molecule has 3 aromatic rings. The molecule has 0 radical (unpaired) electrons. The summed E-state index contributed by atoms with van der Waals surface area (Å²) in [5.41, 5.74) is 3.25. The summed E-state index contributed by atoms with van der Waals surface area (Å²) in [6.07, 6.45) is 1.39. The second-order valence-electron chi connectivity index (χ2n) is 7.94. The van der Waals surface area contributed by atoms with E-state index in [1.54, 1.807) is 0 Å². The van der Waals surface area contributed by atoms with E-state index in [9.17, 15) is 8.78 Å². The van der Waals surface area contributed by atoms with E-state index in [4.69, 9.17) is 9.47 Å². The van der Waals surface area contributed by atoms with E-state index < -0.39 is 11.6 Å². The van der Waals surface area contributed by atoms with E-state index in [0.717, 1.165) is 49.2 Å². The fourth-order valence-electron chi connectivity index (χ4n) is 3.95. The fraction of sp³-hybridized carbons (Fsp3) is 0.364. The summed E-state index contributed by atoms with van der Waals surface area (Å²) in [6, 6.07) is 9.85. The SMILES string of the molecule is Cc1cc(Nc2ncn(-c3cc(F)cc(F)c3)n2)cc([C@@H]2CN(C3COC3)CCO2)c1. The molecule has 7 nitrogen and oxygen atoms in total. The summed E-state index contributed by atoms with van der Waals surface area (Å²) in [7, 11) is 0. The minimum absolute atomic E-state index is 0.0180. The minimum Gasteiger partial charge on any atom is -0.378 e. The van der Waals surface area contributed by atoms with E-state index >= 15 is 0 Å². The average Bonchev–Trinajstić information content (AvgIpc) is 3.14.